The summed E-state index contributed by atoms with van der Waals surface area (Å²) in [7, 11) is -2.74. The molecule has 0 atom stereocenters. The average molecular weight is 480 g/mol. The van der Waals surface area contributed by atoms with Crippen LogP contribution in [0.25, 0.3) is 10.2 Å². The minimum Gasteiger partial charge on any atom is -0.465 e. The van der Waals surface area contributed by atoms with Crippen LogP contribution in [0.3, 0.4) is 0 Å². The molecule has 1 aliphatic rings. The topological polar surface area (TPSA) is 124 Å². The van der Waals surface area contributed by atoms with E-state index in [1.807, 2.05) is 0 Å². The Morgan fingerprint density at radius 1 is 1.25 bits per heavy atom. The molecule has 32 heavy (non-hydrogen) atoms. The number of carbonyl (C=O) groups is 3. The maximum atomic E-state index is 12.4. The maximum absolute atomic E-state index is 12.4. The number of ether oxygens (including phenoxy) is 2. The van der Waals surface area contributed by atoms with E-state index in [4.69, 9.17) is 15.9 Å². The predicted molar refractivity (Wildman–Crippen MR) is 117 cm³/mol. The summed E-state index contributed by atoms with van der Waals surface area (Å²) in [6.07, 6.45) is 5.42. The molecule has 2 amide bonds. The van der Waals surface area contributed by atoms with Crippen LogP contribution >= 0.6 is 11.3 Å². The zero-order valence-corrected chi connectivity index (χ0v) is 18.9. The monoisotopic (exact) mass is 479 g/mol. The highest BCUT2D eigenvalue weighted by atomic mass is 32.2. The fraction of sp³-hybridized carbons (Fsp3) is 0.400. The van der Waals surface area contributed by atoms with Crippen LogP contribution in [-0.4, -0.2) is 80.6 Å². The SMILES string of the molecule is C#CCn1c(=NC(=O)CS(=O)(=O)CC(=O)N2CCOCC2)sc2cc(C(=O)OC)ccc21. The van der Waals surface area contributed by atoms with E-state index in [1.54, 1.807) is 22.8 Å². The van der Waals surface area contributed by atoms with E-state index < -0.39 is 39.1 Å². The molecule has 0 spiro atoms. The lowest BCUT2D eigenvalue weighted by Crippen LogP contribution is -2.43. The van der Waals surface area contributed by atoms with Crippen molar-refractivity contribution in [3.8, 4) is 12.3 Å². The van der Waals surface area contributed by atoms with Crippen LogP contribution < -0.4 is 4.80 Å². The van der Waals surface area contributed by atoms with Crippen molar-refractivity contribution in [1.82, 2.24) is 9.47 Å². The highest BCUT2D eigenvalue weighted by Crippen LogP contribution is 2.20. The molecule has 3 rings (SSSR count). The lowest BCUT2D eigenvalue weighted by molar-refractivity contribution is -0.132. The molecule has 12 heteroatoms. The largest absolute Gasteiger partial charge is 0.465 e. The van der Waals surface area contributed by atoms with Crippen LogP contribution in [0.15, 0.2) is 23.2 Å². The van der Waals surface area contributed by atoms with Gasteiger partial charge in [-0.25, -0.2) is 13.2 Å². The second kappa shape index (κ2) is 10.1. The van der Waals surface area contributed by atoms with Crippen molar-refractivity contribution in [2.45, 2.75) is 6.54 Å². The zero-order chi connectivity index (χ0) is 23.3. The average Bonchev–Trinajstić information content (AvgIpc) is 3.09. The molecule has 0 saturated carbocycles. The Balaban J connectivity index is 1.84. The van der Waals surface area contributed by atoms with Gasteiger partial charge in [0.25, 0.3) is 5.91 Å². The summed E-state index contributed by atoms with van der Waals surface area (Å²) in [5.74, 6) is -1.21. The number of aromatic nitrogens is 1. The number of morpholine rings is 1. The van der Waals surface area contributed by atoms with Gasteiger partial charge >= 0.3 is 5.97 Å². The van der Waals surface area contributed by atoms with Crippen LogP contribution in [0, 0.1) is 12.3 Å². The number of carbonyl (C=O) groups excluding carboxylic acids is 3. The number of hydrogen-bond donors (Lipinski definition) is 0. The number of methoxy groups -OCH3 is 1. The Labute approximate surface area is 188 Å². The van der Waals surface area contributed by atoms with Crippen LogP contribution in [0.2, 0.25) is 0 Å². The van der Waals surface area contributed by atoms with E-state index in [2.05, 4.69) is 10.9 Å². The van der Waals surface area contributed by atoms with E-state index in [1.165, 1.54) is 12.0 Å². The van der Waals surface area contributed by atoms with Crippen molar-refractivity contribution in [2.75, 3.05) is 44.9 Å². The minimum absolute atomic E-state index is 0.0892. The summed E-state index contributed by atoms with van der Waals surface area (Å²) < 4.78 is 36.8. The van der Waals surface area contributed by atoms with E-state index in [-0.39, 0.29) is 11.3 Å². The summed E-state index contributed by atoms with van der Waals surface area (Å²) in [5.41, 5.74) is 0.952. The molecule has 1 fully saturated rings. The normalized spacial score (nSPS) is 14.9. The number of terminal acetylenes is 1. The van der Waals surface area contributed by atoms with Crippen LogP contribution in [-0.2, 0) is 35.4 Å². The van der Waals surface area contributed by atoms with Crippen molar-refractivity contribution in [3.63, 3.8) is 0 Å². The van der Waals surface area contributed by atoms with Gasteiger partial charge in [0.05, 0.1) is 42.6 Å². The molecule has 0 unspecified atom stereocenters. The Morgan fingerprint density at radius 3 is 2.62 bits per heavy atom. The van der Waals surface area contributed by atoms with Crippen molar-refractivity contribution < 1.29 is 32.3 Å². The summed E-state index contributed by atoms with van der Waals surface area (Å²) >= 11 is 1.09. The molecule has 1 aliphatic heterocycles. The van der Waals surface area contributed by atoms with Gasteiger partial charge in [-0.05, 0) is 18.2 Å². The predicted octanol–water partition coefficient (Wildman–Crippen LogP) is -0.176. The number of hydrogen-bond acceptors (Lipinski definition) is 8. The highest BCUT2D eigenvalue weighted by molar-refractivity contribution is 7.92. The van der Waals surface area contributed by atoms with Gasteiger partial charge in [-0.2, -0.15) is 4.99 Å². The number of esters is 1. The van der Waals surface area contributed by atoms with Crippen molar-refractivity contribution in [1.29, 1.82) is 0 Å². The lowest BCUT2D eigenvalue weighted by Gasteiger charge is -2.26. The Hall–Kier alpha value is -3.01. The zero-order valence-electron chi connectivity index (χ0n) is 17.3. The molecule has 1 aromatic heterocycles. The second-order valence-corrected chi connectivity index (χ2v) is 9.95. The third kappa shape index (κ3) is 5.61. The fourth-order valence-corrected chi connectivity index (χ4v) is 5.31. The molecular formula is C20H21N3O7S2. The molecule has 0 aliphatic carbocycles. The second-order valence-electron chi connectivity index (χ2n) is 6.88. The van der Waals surface area contributed by atoms with Gasteiger partial charge in [-0.15, -0.1) is 6.42 Å². The van der Waals surface area contributed by atoms with Crippen molar-refractivity contribution >= 4 is 49.2 Å². The number of rotatable bonds is 6. The third-order valence-electron chi connectivity index (χ3n) is 4.62. The van der Waals surface area contributed by atoms with Gasteiger partial charge in [0.15, 0.2) is 14.6 Å². The molecule has 1 aromatic carbocycles. The van der Waals surface area contributed by atoms with Gasteiger partial charge in [0, 0.05) is 13.1 Å². The molecule has 0 radical (unpaired) electrons. The summed E-state index contributed by atoms with van der Waals surface area (Å²) in [6.45, 7) is 1.41. The summed E-state index contributed by atoms with van der Waals surface area (Å²) in [4.78, 5) is 41.9. The molecule has 10 nitrogen and oxygen atoms in total. The quantitative estimate of drug-likeness (QED) is 0.416. The first-order chi connectivity index (χ1) is 15.2. The Kier molecular flexibility index (Phi) is 7.44. The van der Waals surface area contributed by atoms with Crippen LogP contribution in [0.1, 0.15) is 10.4 Å². The van der Waals surface area contributed by atoms with Crippen molar-refractivity contribution in [2.24, 2.45) is 4.99 Å². The molecule has 170 valence electrons. The summed E-state index contributed by atoms with van der Waals surface area (Å²) in [6, 6.07) is 4.79. The van der Waals surface area contributed by atoms with E-state index in [9.17, 15) is 22.8 Å². The number of benzene rings is 1. The number of sulfone groups is 1. The number of fused-ring (bicyclic) bond motifs is 1. The first-order valence-electron chi connectivity index (χ1n) is 9.53. The lowest BCUT2D eigenvalue weighted by atomic mass is 10.2. The molecule has 2 aromatic rings. The molecule has 0 bridgehead atoms. The summed E-state index contributed by atoms with van der Waals surface area (Å²) in [5, 5.41) is 0. The first kappa shape index (κ1) is 23.6. The van der Waals surface area contributed by atoms with Gasteiger partial charge in [0.1, 0.15) is 11.5 Å². The first-order valence-corrected chi connectivity index (χ1v) is 12.2. The van der Waals surface area contributed by atoms with Gasteiger partial charge < -0.3 is 18.9 Å². The molecule has 1 saturated heterocycles. The van der Waals surface area contributed by atoms with Crippen molar-refractivity contribution in [3.05, 3.63) is 28.6 Å². The third-order valence-corrected chi connectivity index (χ3v) is 7.04. The van der Waals surface area contributed by atoms with Gasteiger partial charge in [-0.3, -0.25) is 9.59 Å². The smallest absolute Gasteiger partial charge is 0.337 e. The number of nitrogens with zero attached hydrogens (tertiary/aromatic N) is 3. The minimum atomic E-state index is -4.01. The van der Waals surface area contributed by atoms with Crippen LogP contribution in [0.4, 0.5) is 0 Å². The van der Waals surface area contributed by atoms with E-state index in [0.29, 0.717) is 42.1 Å². The van der Waals surface area contributed by atoms with Gasteiger partial charge in [0.2, 0.25) is 5.91 Å². The molecular weight excluding hydrogens is 458 g/mol. The number of amides is 2. The molecule has 0 N–H and O–H groups in total. The van der Waals surface area contributed by atoms with E-state index in [0.717, 1.165) is 11.3 Å². The highest BCUT2D eigenvalue weighted by Gasteiger charge is 2.25. The standard InChI is InChI=1S/C20H21N3O7S2/c1-3-6-23-15-5-4-14(19(26)29-2)11-16(15)31-20(23)21-17(24)12-32(27,28)13-18(25)22-7-9-30-10-8-22/h1,4-5,11H,6-10,12-13H2,2H3. The Morgan fingerprint density at radius 2 is 1.97 bits per heavy atom. The van der Waals surface area contributed by atoms with Gasteiger partial charge in [-0.1, -0.05) is 17.3 Å². The number of thiazole rings is 1. The maximum Gasteiger partial charge on any atom is 0.337 e. The fourth-order valence-electron chi connectivity index (χ4n) is 3.12. The Bertz CT molecular complexity index is 1260. The van der Waals surface area contributed by atoms with Crippen LogP contribution in [0.5, 0.6) is 0 Å². The molecule has 2 heterocycles. The van der Waals surface area contributed by atoms with E-state index >= 15 is 0 Å².